The Kier molecular flexibility index (Phi) is 4.24. The second-order valence-corrected chi connectivity index (χ2v) is 6.36. The van der Waals surface area contributed by atoms with Crippen molar-refractivity contribution in [2.75, 3.05) is 0 Å². The van der Waals surface area contributed by atoms with E-state index in [0.29, 0.717) is 5.02 Å². The van der Waals surface area contributed by atoms with Crippen LogP contribution in [-0.4, -0.2) is 8.42 Å². The molecule has 0 bridgehead atoms. The molecule has 5 heteroatoms. The third kappa shape index (κ3) is 3.56. The molecule has 3 nitrogen and oxygen atoms in total. The van der Waals surface area contributed by atoms with Crippen molar-refractivity contribution in [3.05, 3.63) is 65.2 Å². The quantitative estimate of drug-likeness (QED) is 0.940. The van der Waals surface area contributed by atoms with E-state index in [0.717, 1.165) is 5.56 Å². The highest BCUT2D eigenvalue weighted by atomic mass is 35.5. The second-order valence-electron chi connectivity index (χ2n) is 4.21. The number of hydrogen-bond acceptors (Lipinski definition) is 2. The van der Waals surface area contributed by atoms with Gasteiger partial charge < -0.3 is 0 Å². The van der Waals surface area contributed by atoms with Gasteiger partial charge in [-0.25, -0.2) is 13.1 Å². The fourth-order valence-corrected chi connectivity index (χ4v) is 3.20. The molecule has 0 radical (unpaired) electrons. The molecule has 0 heterocycles. The van der Waals surface area contributed by atoms with E-state index in [1.807, 2.05) is 6.07 Å². The molecule has 0 amide bonds. The molecule has 1 N–H and O–H groups in total. The molecule has 0 saturated heterocycles. The SMILES string of the molecule is C[C@H](NS(=O)(=O)c1ccccc1)c1cccc(Cl)c1. The number of sulfonamides is 1. The molecule has 0 spiro atoms. The Morgan fingerprint density at radius 3 is 2.37 bits per heavy atom. The van der Waals surface area contributed by atoms with Crippen LogP contribution in [-0.2, 0) is 10.0 Å². The molecule has 1 atom stereocenters. The van der Waals surface area contributed by atoms with Crippen LogP contribution in [0.3, 0.4) is 0 Å². The lowest BCUT2D eigenvalue weighted by Gasteiger charge is -2.14. The van der Waals surface area contributed by atoms with Gasteiger partial charge in [-0.05, 0) is 36.8 Å². The zero-order valence-corrected chi connectivity index (χ0v) is 11.9. The van der Waals surface area contributed by atoms with Crippen molar-refractivity contribution in [1.82, 2.24) is 4.72 Å². The van der Waals surface area contributed by atoms with E-state index in [9.17, 15) is 8.42 Å². The fourth-order valence-electron chi connectivity index (χ4n) is 1.74. The van der Waals surface area contributed by atoms with Crippen LogP contribution >= 0.6 is 11.6 Å². The van der Waals surface area contributed by atoms with Crippen molar-refractivity contribution in [3.8, 4) is 0 Å². The molecule has 100 valence electrons. The summed E-state index contributed by atoms with van der Waals surface area (Å²) < 4.78 is 26.9. The maximum atomic E-state index is 12.2. The van der Waals surface area contributed by atoms with E-state index in [1.54, 1.807) is 55.5 Å². The maximum absolute atomic E-state index is 12.2. The largest absolute Gasteiger partial charge is 0.241 e. The van der Waals surface area contributed by atoms with Gasteiger partial charge >= 0.3 is 0 Å². The van der Waals surface area contributed by atoms with Gasteiger partial charge in [0, 0.05) is 11.1 Å². The van der Waals surface area contributed by atoms with Crippen LogP contribution in [0.1, 0.15) is 18.5 Å². The topological polar surface area (TPSA) is 46.2 Å². The van der Waals surface area contributed by atoms with Crippen molar-refractivity contribution < 1.29 is 8.42 Å². The minimum Gasteiger partial charge on any atom is -0.207 e. The molecular formula is C14H14ClNO2S. The summed E-state index contributed by atoms with van der Waals surface area (Å²) >= 11 is 5.90. The summed E-state index contributed by atoms with van der Waals surface area (Å²) in [6.07, 6.45) is 0. The molecule has 0 aliphatic rings. The molecule has 0 fully saturated rings. The van der Waals surface area contributed by atoms with Crippen LogP contribution in [0, 0.1) is 0 Å². The summed E-state index contributed by atoms with van der Waals surface area (Å²) in [6, 6.07) is 15.1. The lowest BCUT2D eigenvalue weighted by molar-refractivity contribution is 0.567. The first-order chi connectivity index (χ1) is 8.99. The number of nitrogens with one attached hydrogen (secondary N) is 1. The van der Waals surface area contributed by atoms with E-state index in [4.69, 9.17) is 11.6 Å². The maximum Gasteiger partial charge on any atom is 0.241 e. The zero-order chi connectivity index (χ0) is 13.9. The summed E-state index contributed by atoms with van der Waals surface area (Å²) in [6.45, 7) is 1.78. The normalized spacial score (nSPS) is 13.2. The molecule has 0 saturated carbocycles. The van der Waals surface area contributed by atoms with E-state index in [-0.39, 0.29) is 10.9 Å². The van der Waals surface area contributed by atoms with Gasteiger partial charge in [0.05, 0.1) is 4.90 Å². The zero-order valence-electron chi connectivity index (χ0n) is 10.4. The summed E-state index contributed by atoms with van der Waals surface area (Å²) in [5.74, 6) is 0. The third-order valence-electron chi connectivity index (χ3n) is 2.73. The Balaban J connectivity index is 2.22. The van der Waals surface area contributed by atoms with Crippen LogP contribution in [0.5, 0.6) is 0 Å². The van der Waals surface area contributed by atoms with Gasteiger partial charge in [0.2, 0.25) is 10.0 Å². The number of rotatable bonds is 4. The average molecular weight is 296 g/mol. The van der Waals surface area contributed by atoms with E-state index >= 15 is 0 Å². The minimum absolute atomic E-state index is 0.254. The number of benzene rings is 2. The van der Waals surface area contributed by atoms with Crippen molar-refractivity contribution >= 4 is 21.6 Å². The molecule has 2 aromatic carbocycles. The Bertz CT molecular complexity index is 656. The summed E-state index contributed by atoms with van der Waals surface area (Å²) in [7, 11) is -3.51. The van der Waals surface area contributed by atoms with Crippen molar-refractivity contribution in [2.24, 2.45) is 0 Å². The first-order valence-corrected chi connectivity index (χ1v) is 7.68. The lowest BCUT2D eigenvalue weighted by Crippen LogP contribution is -2.26. The van der Waals surface area contributed by atoms with Crippen LogP contribution in [0.2, 0.25) is 5.02 Å². The molecule has 0 aliphatic carbocycles. The molecule has 2 aromatic rings. The Labute approximate surface area is 118 Å². The van der Waals surface area contributed by atoms with Gasteiger partial charge in [-0.15, -0.1) is 0 Å². The van der Waals surface area contributed by atoms with Gasteiger partial charge in [-0.1, -0.05) is 41.9 Å². The van der Waals surface area contributed by atoms with Gasteiger partial charge in [-0.3, -0.25) is 0 Å². The van der Waals surface area contributed by atoms with E-state index in [2.05, 4.69) is 4.72 Å². The van der Waals surface area contributed by atoms with Crippen LogP contribution in [0.15, 0.2) is 59.5 Å². The van der Waals surface area contributed by atoms with E-state index < -0.39 is 10.0 Å². The first kappa shape index (κ1) is 14.1. The minimum atomic E-state index is -3.51. The van der Waals surface area contributed by atoms with Crippen molar-refractivity contribution in [1.29, 1.82) is 0 Å². The van der Waals surface area contributed by atoms with Crippen molar-refractivity contribution in [3.63, 3.8) is 0 Å². The summed E-state index contributed by atoms with van der Waals surface area (Å²) in [5, 5.41) is 0.586. The van der Waals surface area contributed by atoms with Gasteiger partial charge in [0.25, 0.3) is 0 Å². The molecule has 0 aliphatic heterocycles. The first-order valence-electron chi connectivity index (χ1n) is 5.82. The van der Waals surface area contributed by atoms with Crippen LogP contribution in [0.4, 0.5) is 0 Å². The average Bonchev–Trinajstić information content (AvgIpc) is 2.39. The Hall–Kier alpha value is -1.36. The smallest absolute Gasteiger partial charge is 0.207 e. The lowest BCUT2D eigenvalue weighted by atomic mass is 10.1. The number of hydrogen-bond donors (Lipinski definition) is 1. The summed E-state index contributed by atoms with van der Waals surface area (Å²) in [5.41, 5.74) is 0.826. The predicted molar refractivity (Wildman–Crippen MR) is 76.6 cm³/mol. The predicted octanol–water partition coefficient (Wildman–Crippen LogP) is 3.38. The molecular weight excluding hydrogens is 282 g/mol. The standard InChI is InChI=1S/C14H14ClNO2S/c1-11(12-6-5-7-13(15)10-12)16-19(17,18)14-8-3-2-4-9-14/h2-11,16H,1H3/t11-/m0/s1. The van der Waals surface area contributed by atoms with Gasteiger partial charge in [0.15, 0.2) is 0 Å². The monoisotopic (exact) mass is 295 g/mol. The Morgan fingerprint density at radius 1 is 1.05 bits per heavy atom. The molecule has 2 rings (SSSR count). The van der Waals surface area contributed by atoms with Crippen LogP contribution < -0.4 is 4.72 Å². The van der Waals surface area contributed by atoms with Gasteiger partial charge in [-0.2, -0.15) is 0 Å². The summed E-state index contributed by atoms with van der Waals surface area (Å²) in [4.78, 5) is 0.254. The molecule has 0 unspecified atom stereocenters. The van der Waals surface area contributed by atoms with Crippen LogP contribution in [0.25, 0.3) is 0 Å². The number of halogens is 1. The molecule has 0 aromatic heterocycles. The fraction of sp³-hybridized carbons (Fsp3) is 0.143. The van der Waals surface area contributed by atoms with Crippen molar-refractivity contribution in [2.45, 2.75) is 17.9 Å². The Morgan fingerprint density at radius 2 is 1.74 bits per heavy atom. The highest BCUT2D eigenvalue weighted by Crippen LogP contribution is 2.19. The van der Waals surface area contributed by atoms with Gasteiger partial charge in [0.1, 0.15) is 0 Å². The third-order valence-corrected chi connectivity index (χ3v) is 4.53. The molecule has 19 heavy (non-hydrogen) atoms. The highest BCUT2D eigenvalue weighted by molar-refractivity contribution is 7.89. The second kappa shape index (κ2) is 5.74. The van der Waals surface area contributed by atoms with E-state index in [1.165, 1.54) is 0 Å². The highest BCUT2D eigenvalue weighted by Gasteiger charge is 2.17.